The molecule has 2 N–H and O–H groups in total. The molecular weight excluding hydrogens is 437 g/mol. The SMILES string of the molecule is CN=C(NCCCCC(F)(F)F)NCCc1ccc(F)cc1C.I. The highest BCUT2D eigenvalue weighted by Crippen LogP contribution is 2.21. The van der Waals surface area contributed by atoms with E-state index in [0.717, 1.165) is 11.1 Å². The van der Waals surface area contributed by atoms with Gasteiger partial charge in [-0.15, -0.1) is 24.0 Å². The number of alkyl halides is 3. The van der Waals surface area contributed by atoms with Crippen LogP contribution >= 0.6 is 24.0 Å². The number of halogens is 5. The number of hydrogen-bond donors (Lipinski definition) is 2. The molecule has 0 aliphatic rings. The summed E-state index contributed by atoms with van der Waals surface area (Å²) < 4.78 is 49.1. The van der Waals surface area contributed by atoms with Crippen LogP contribution in [0.4, 0.5) is 17.6 Å². The highest BCUT2D eigenvalue weighted by atomic mass is 127. The second kappa shape index (κ2) is 11.5. The Morgan fingerprint density at radius 3 is 2.38 bits per heavy atom. The van der Waals surface area contributed by atoms with Gasteiger partial charge in [0.05, 0.1) is 0 Å². The maximum atomic E-state index is 13.0. The van der Waals surface area contributed by atoms with E-state index >= 15 is 0 Å². The molecule has 0 spiro atoms. The van der Waals surface area contributed by atoms with Gasteiger partial charge in [-0.3, -0.25) is 4.99 Å². The number of unbranched alkanes of at least 4 members (excludes halogenated alkanes) is 1. The van der Waals surface area contributed by atoms with Crippen LogP contribution in [0.25, 0.3) is 0 Å². The molecule has 24 heavy (non-hydrogen) atoms. The zero-order valence-corrected chi connectivity index (χ0v) is 16.2. The molecule has 1 aromatic carbocycles. The predicted octanol–water partition coefficient (Wildman–Crippen LogP) is 4.19. The van der Waals surface area contributed by atoms with Gasteiger partial charge in [-0.25, -0.2) is 4.39 Å². The highest BCUT2D eigenvalue weighted by molar-refractivity contribution is 14.0. The van der Waals surface area contributed by atoms with Crippen molar-refractivity contribution in [2.45, 2.75) is 38.8 Å². The van der Waals surface area contributed by atoms with E-state index in [2.05, 4.69) is 15.6 Å². The van der Waals surface area contributed by atoms with E-state index in [4.69, 9.17) is 0 Å². The van der Waals surface area contributed by atoms with E-state index in [1.807, 2.05) is 6.92 Å². The summed E-state index contributed by atoms with van der Waals surface area (Å²) in [4.78, 5) is 4.01. The van der Waals surface area contributed by atoms with Crippen LogP contribution in [-0.4, -0.2) is 32.3 Å². The first-order chi connectivity index (χ1) is 10.8. The van der Waals surface area contributed by atoms with E-state index in [-0.39, 0.29) is 36.2 Å². The van der Waals surface area contributed by atoms with Crippen LogP contribution < -0.4 is 10.6 Å². The summed E-state index contributed by atoms with van der Waals surface area (Å²) >= 11 is 0. The lowest BCUT2D eigenvalue weighted by Crippen LogP contribution is -2.38. The number of hydrogen-bond acceptors (Lipinski definition) is 1. The lowest BCUT2D eigenvalue weighted by molar-refractivity contribution is -0.135. The molecule has 0 atom stereocenters. The molecule has 0 fully saturated rings. The molecule has 3 nitrogen and oxygen atoms in total. The molecule has 0 radical (unpaired) electrons. The number of nitrogens with one attached hydrogen (secondary N) is 2. The number of benzene rings is 1. The van der Waals surface area contributed by atoms with Crippen molar-refractivity contribution in [3.05, 3.63) is 35.1 Å². The van der Waals surface area contributed by atoms with E-state index < -0.39 is 12.6 Å². The standard InChI is InChI=1S/C16H23F4N3.HI/c1-12-11-14(17)6-5-13(12)7-10-23-15(21-2)22-9-4-3-8-16(18,19)20;/h5-6,11H,3-4,7-10H2,1-2H3,(H2,21,22,23);1H. The molecule has 0 amide bonds. The summed E-state index contributed by atoms with van der Waals surface area (Å²) in [5.74, 6) is 0.298. The van der Waals surface area contributed by atoms with Crippen LogP contribution in [-0.2, 0) is 6.42 Å². The van der Waals surface area contributed by atoms with Gasteiger partial charge < -0.3 is 10.6 Å². The van der Waals surface area contributed by atoms with E-state index in [0.29, 0.717) is 31.9 Å². The van der Waals surface area contributed by atoms with E-state index in [1.54, 1.807) is 13.1 Å². The molecule has 0 saturated carbocycles. The minimum atomic E-state index is -4.09. The number of guanidine groups is 1. The molecule has 1 aromatic rings. The first kappa shape index (κ1) is 22.9. The van der Waals surface area contributed by atoms with Gasteiger partial charge in [0.15, 0.2) is 5.96 Å². The van der Waals surface area contributed by atoms with Crippen molar-refractivity contribution in [1.82, 2.24) is 10.6 Å². The third-order valence-corrected chi connectivity index (χ3v) is 3.39. The predicted molar refractivity (Wildman–Crippen MR) is 99.5 cm³/mol. The van der Waals surface area contributed by atoms with Gasteiger partial charge >= 0.3 is 6.18 Å². The summed E-state index contributed by atoms with van der Waals surface area (Å²) in [5.41, 5.74) is 1.93. The molecule has 0 heterocycles. The van der Waals surface area contributed by atoms with Crippen LogP contribution in [0.3, 0.4) is 0 Å². The third-order valence-electron chi connectivity index (χ3n) is 3.39. The average Bonchev–Trinajstić information content (AvgIpc) is 2.46. The summed E-state index contributed by atoms with van der Waals surface area (Å²) in [6, 6.07) is 4.67. The topological polar surface area (TPSA) is 36.4 Å². The normalized spacial score (nSPS) is 11.8. The Bertz CT molecular complexity index is 519. The fourth-order valence-corrected chi connectivity index (χ4v) is 2.13. The van der Waals surface area contributed by atoms with Crippen molar-refractivity contribution in [3.8, 4) is 0 Å². The summed E-state index contributed by atoms with van der Waals surface area (Å²) in [6.07, 6.45) is -3.61. The maximum Gasteiger partial charge on any atom is 0.389 e. The quantitative estimate of drug-likeness (QED) is 0.210. The van der Waals surface area contributed by atoms with Gasteiger partial charge in [-0.1, -0.05) is 6.07 Å². The zero-order valence-electron chi connectivity index (χ0n) is 13.8. The Balaban J connectivity index is 0.00000529. The first-order valence-corrected chi connectivity index (χ1v) is 7.58. The zero-order chi connectivity index (χ0) is 17.3. The lowest BCUT2D eigenvalue weighted by atomic mass is 10.1. The molecule has 0 bridgehead atoms. The highest BCUT2D eigenvalue weighted by Gasteiger charge is 2.25. The first-order valence-electron chi connectivity index (χ1n) is 7.58. The Morgan fingerprint density at radius 1 is 1.12 bits per heavy atom. The smallest absolute Gasteiger partial charge is 0.356 e. The van der Waals surface area contributed by atoms with Crippen LogP contribution in [0.15, 0.2) is 23.2 Å². The number of rotatable bonds is 7. The van der Waals surface area contributed by atoms with Gasteiger partial charge in [-0.05, 0) is 49.4 Å². The van der Waals surface area contributed by atoms with Gasteiger partial charge in [0.25, 0.3) is 0 Å². The average molecular weight is 461 g/mol. The summed E-state index contributed by atoms with van der Waals surface area (Å²) in [7, 11) is 1.61. The van der Waals surface area contributed by atoms with Crippen LogP contribution in [0.2, 0.25) is 0 Å². The minimum absolute atomic E-state index is 0. The van der Waals surface area contributed by atoms with Gasteiger partial charge in [0.2, 0.25) is 0 Å². The third kappa shape index (κ3) is 9.94. The molecular formula is C16H24F4IN3. The van der Waals surface area contributed by atoms with Crippen molar-refractivity contribution in [2.75, 3.05) is 20.1 Å². The molecule has 1 rings (SSSR count). The van der Waals surface area contributed by atoms with Crippen molar-refractivity contribution < 1.29 is 17.6 Å². The van der Waals surface area contributed by atoms with E-state index in [1.165, 1.54) is 12.1 Å². The number of aryl methyl sites for hydroxylation is 1. The number of nitrogens with zero attached hydrogens (tertiary/aromatic N) is 1. The molecule has 0 unspecified atom stereocenters. The Kier molecular flexibility index (Phi) is 11.0. The molecule has 138 valence electrons. The second-order valence-electron chi connectivity index (χ2n) is 5.32. The van der Waals surface area contributed by atoms with Crippen molar-refractivity contribution in [2.24, 2.45) is 4.99 Å². The molecule has 0 aliphatic carbocycles. The van der Waals surface area contributed by atoms with E-state index in [9.17, 15) is 17.6 Å². The Labute approximate surface area is 157 Å². The molecule has 0 saturated heterocycles. The van der Waals surface area contributed by atoms with Crippen molar-refractivity contribution >= 4 is 29.9 Å². The van der Waals surface area contributed by atoms with Crippen molar-refractivity contribution in [3.63, 3.8) is 0 Å². The summed E-state index contributed by atoms with van der Waals surface area (Å²) in [6.45, 7) is 2.90. The van der Waals surface area contributed by atoms with Crippen LogP contribution in [0.1, 0.15) is 30.4 Å². The second-order valence-corrected chi connectivity index (χ2v) is 5.32. The monoisotopic (exact) mass is 461 g/mol. The maximum absolute atomic E-state index is 13.0. The molecule has 0 aliphatic heterocycles. The van der Waals surface area contributed by atoms with Gasteiger partial charge in [-0.2, -0.15) is 13.2 Å². The summed E-state index contributed by atoms with van der Waals surface area (Å²) in [5, 5.41) is 6.07. The Morgan fingerprint density at radius 2 is 1.79 bits per heavy atom. The lowest BCUT2D eigenvalue weighted by Gasteiger charge is -2.13. The molecule has 8 heteroatoms. The van der Waals surface area contributed by atoms with Crippen molar-refractivity contribution in [1.29, 1.82) is 0 Å². The largest absolute Gasteiger partial charge is 0.389 e. The fourth-order valence-electron chi connectivity index (χ4n) is 2.13. The fraction of sp³-hybridized carbons (Fsp3) is 0.562. The van der Waals surface area contributed by atoms with Gasteiger partial charge in [0, 0.05) is 26.6 Å². The van der Waals surface area contributed by atoms with Gasteiger partial charge in [0.1, 0.15) is 5.82 Å². The Hall–Kier alpha value is -1.06. The van der Waals surface area contributed by atoms with Crippen LogP contribution in [0, 0.1) is 12.7 Å². The van der Waals surface area contributed by atoms with Crippen LogP contribution in [0.5, 0.6) is 0 Å². The number of aliphatic imine (C=N–C) groups is 1. The minimum Gasteiger partial charge on any atom is -0.356 e. The molecule has 0 aromatic heterocycles.